The Morgan fingerprint density at radius 1 is 0.860 bits per heavy atom. The highest BCUT2D eigenvalue weighted by Crippen LogP contribution is 2.33. The Kier molecular flexibility index (Phi) is 10.3. The maximum absolute atomic E-state index is 13.3. The van der Waals surface area contributed by atoms with Gasteiger partial charge in [0.05, 0.1) is 10.4 Å². The number of thiophene rings is 1. The number of benzene rings is 3. The molecule has 43 heavy (non-hydrogen) atoms. The van der Waals surface area contributed by atoms with Gasteiger partial charge in [0.15, 0.2) is 0 Å². The van der Waals surface area contributed by atoms with E-state index in [4.69, 9.17) is 9.84 Å². The van der Waals surface area contributed by atoms with E-state index in [0.29, 0.717) is 37.1 Å². The van der Waals surface area contributed by atoms with Gasteiger partial charge in [-0.05, 0) is 96.2 Å². The zero-order valence-electron chi connectivity index (χ0n) is 25.1. The number of carboxylic acids is 1. The molecule has 0 spiro atoms. The molecule has 3 aromatic carbocycles. The highest BCUT2D eigenvalue weighted by molar-refractivity contribution is 7.17. The monoisotopic (exact) mass is 595 g/mol. The first-order chi connectivity index (χ1) is 20.9. The fourth-order valence-electron chi connectivity index (χ4n) is 6.02. The standard InChI is InChI=1S/C37H41NO4S/c1-3-5-27(6-4-2)29-15-17-33(18-16-29)42-25-26-7-9-31(10-8-26)34-19-20-35(43-34)36(39)38-23-21-30(22-24-38)28-11-13-32(14-12-28)37(40)41/h7-20,27,30H,3-6,21-25H2,1-2H3,(H,40,41). The number of carbonyl (C=O) groups is 2. The van der Waals surface area contributed by atoms with Crippen molar-refractivity contribution in [1.82, 2.24) is 4.90 Å². The molecule has 4 aromatic rings. The summed E-state index contributed by atoms with van der Waals surface area (Å²) >= 11 is 1.54. The Morgan fingerprint density at radius 3 is 2.12 bits per heavy atom. The van der Waals surface area contributed by atoms with Crippen LogP contribution in [0.1, 0.15) is 101 Å². The zero-order chi connectivity index (χ0) is 30.2. The molecule has 1 aliphatic rings. The van der Waals surface area contributed by atoms with Crippen LogP contribution in [0.4, 0.5) is 0 Å². The van der Waals surface area contributed by atoms with Gasteiger partial charge in [-0.2, -0.15) is 0 Å². The van der Waals surface area contributed by atoms with Crippen LogP contribution in [0.15, 0.2) is 84.9 Å². The lowest BCUT2D eigenvalue weighted by Gasteiger charge is -2.32. The number of hydrogen-bond donors (Lipinski definition) is 1. The maximum atomic E-state index is 13.3. The average Bonchev–Trinajstić information content (AvgIpc) is 3.54. The molecule has 0 radical (unpaired) electrons. The molecular weight excluding hydrogens is 554 g/mol. The van der Waals surface area contributed by atoms with Gasteiger partial charge in [0.1, 0.15) is 12.4 Å². The topological polar surface area (TPSA) is 66.8 Å². The van der Waals surface area contributed by atoms with E-state index in [1.807, 2.05) is 29.2 Å². The molecule has 2 heterocycles. The molecular formula is C37H41NO4S. The predicted molar refractivity (Wildman–Crippen MR) is 174 cm³/mol. The molecule has 1 aromatic heterocycles. The SMILES string of the molecule is CCCC(CCC)c1ccc(OCc2ccc(-c3ccc(C(=O)N4CCC(c5ccc(C(=O)O)cc5)CC4)s3)cc2)cc1. The van der Waals surface area contributed by atoms with Gasteiger partial charge in [-0.15, -0.1) is 11.3 Å². The van der Waals surface area contributed by atoms with Crippen molar-refractivity contribution in [1.29, 1.82) is 0 Å². The van der Waals surface area contributed by atoms with E-state index in [1.165, 1.54) is 42.6 Å². The van der Waals surface area contributed by atoms with Crippen molar-refractivity contribution in [3.05, 3.63) is 112 Å². The number of amides is 1. The smallest absolute Gasteiger partial charge is 0.335 e. The lowest BCUT2D eigenvalue weighted by molar-refractivity contribution is 0.0692. The summed E-state index contributed by atoms with van der Waals surface area (Å²) in [5, 5.41) is 9.13. The Morgan fingerprint density at radius 2 is 1.51 bits per heavy atom. The molecule has 1 saturated heterocycles. The van der Waals surface area contributed by atoms with E-state index >= 15 is 0 Å². The van der Waals surface area contributed by atoms with Crippen molar-refractivity contribution in [2.75, 3.05) is 13.1 Å². The number of carboxylic acid groups (broad SMARTS) is 1. The van der Waals surface area contributed by atoms with Crippen molar-refractivity contribution in [3.63, 3.8) is 0 Å². The van der Waals surface area contributed by atoms with Crippen molar-refractivity contribution in [3.8, 4) is 16.2 Å². The molecule has 1 amide bonds. The van der Waals surface area contributed by atoms with Crippen molar-refractivity contribution < 1.29 is 19.4 Å². The van der Waals surface area contributed by atoms with Crippen LogP contribution in [-0.4, -0.2) is 35.0 Å². The summed E-state index contributed by atoms with van der Waals surface area (Å²) in [6.07, 6.45) is 6.62. The molecule has 1 aliphatic heterocycles. The van der Waals surface area contributed by atoms with Crippen LogP contribution >= 0.6 is 11.3 Å². The summed E-state index contributed by atoms with van der Waals surface area (Å²) in [5.74, 6) is 1.04. The number of rotatable bonds is 12. The quantitative estimate of drug-likeness (QED) is 0.177. The second kappa shape index (κ2) is 14.5. The van der Waals surface area contributed by atoms with Gasteiger partial charge in [-0.25, -0.2) is 4.79 Å². The van der Waals surface area contributed by atoms with E-state index in [2.05, 4.69) is 62.4 Å². The molecule has 0 saturated carbocycles. The predicted octanol–water partition coefficient (Wildman–Crippen LogP) is 9.40. The van der Waals surface area contributed by atoms with Gasteiger partial charge < -0.3 is 14.7 Å². The van der Waals surface area contributed by atoms with Crippen LogP contribution in [-0.2, 0) is 6.61 Å². The van der Waals surface area contributed by atoms with E-state index in [-0.39, 0.29) is 5.91 Å². The maximum Gasteiger partial charge on any atom is 0.335 e. The number of carbonyl (C=O) groups excluding carboxylic acids is 1. The van der Waals surface area contributed by atoms with E-state index in [9.17, 15) is 9.59 Å². The summed E-state index contributed by atoms with van der Waals surface area (Å²) in [6.45, 7) is 6.42. The van der Waals surface area contributed by atoms with Crippen LogP contribution < -0.4 is 4.74 Å². The van der Waals surface area contributed by atoms with Gasteiger partial charge in [-0.3, -0.25) is 4.79 Å². The Balaban J connectivity index is 1.12. The molecule has 5 rings (SSSR count). The fraction of sp³-hybridized carbons (Fsp3) is 0.351. The van der Waals surface area contributed by atoms with Crippen molar-refractivity contribution in [2.45, 2.75) is 70.8 Å². The molecule has 6 heteroatoms. The van der Waals surface area contributed by atoms with Crippen LogP contribution in [0, 0.1) is 0 Å². The number of ether oxygens (including phenoxy) is 1. The number of likely N-dealkylation sites (tertiary alicyclic amines) is 1. The molecule has 0 bridgehead atoms. The van der Waals surface area contributed by atoms with Crippen LogP contribution in [0.5, 0.6) is 5.75 Å². The second-order valence-corrected chi connectivity index (χ2v) is 12.6. The van der Waals surface area contributed by atoms with Gasteiger partial charge in [-0.1, -0.05) is 75.2 Å². The highest BCUT2D eigenvalue weighted by atomic mass is 32.1. The lowest BCUT2D eigenvalue weighted by Crippen LogP contribution is -2.37. The van der Waals surface area contributed by atoms with Crippen molar-refractivity contribution in [2.24, 2.45) is 0 Å². The van der Waals surface area contributed by atoms with E-state index in [0.717, 1.165) is 45.0 Å². The van der Waals surface area contributed by atoms with E-state index in [1.54, 1.807) is 12.1 Å². The molecule has 0 aliphatic carbocycles. The minimum absolute atomic E-state index is 0.0858. The highest BCUT2D eigenvalue weighted by Gasteiger charge is 2.25. The Hall–Kier alpha value is -3.90. The van der Waals surface area contributed by atoms with Crippen LogP contribution in [0.3, 0.4) is 0 Å². The third kappa shape index (κ3) is 7.74. The third-order valence-corrected chi connectivity index (χ3v) is 9.62. The molecule has 1 N–H and O–H groups in total. The van der Waals surface area contributed by atoms with Gasteiger partial charge in [0, 0.05) is 18.0 Å². The van der Waals surface area contributed by atoms with Crippen LogP contribution in [0.2, 0.25) is 0 Å². The van der Waals surface area contributed by atoms with Crippen LogP contribution in [0.25, 0.3) is 10.4 Å². The fourth-order valence-corrected chi connectivity index (χ4v) is 7.00. The molecule has 5 nitrogen and oxygen atoms in total. The summed E-state index contributed by atoms with van der Waals surface area (Å²) in [7, 11) is 0. The first-order valence-corrected chi connectivity index (χ1v) is 16.3. The van der Waals surface area contributed by atoms with Gasteiger partial charge in [0.25, 0.3) is 5.91 Å². The van der Waals surface area contributed by atoms with Gasteiger partial charge >= 0.3 is 5.97 Å². The zero-order valence-corrected chi connectivity index (χ0v) is 25.9. The Labute approximate surface area is 259 Å². The number of hydrogen-bond acceptors (Lipinski definition) is 4. The first kappa shape index (κ1) is 30.6. The minimum atomic E-state index is -0.910. The summed E-state index contributed by atoms with van der Waals surface area (Å²) < 4.78 is 6.07. The van der Waals surface area contributed by atoms with E-state index < -0.39 is 5.97 Å². The molecule has 1 fully saturated rings. The second-order valence-electron chi connectivity index (χ2n) is 11.5. The largest absolute Gasteiger partial charge is 0.489 e. The third-order valence-electron chi connectivity index (χ3n) is 8.50. The minimum Gasteiger partial charge on any atom is -0.489 e. The van der Waals surface area contributed by atoms with Gasteiger partial charge in [0.2, 0.25) is 0 Å². The summed E-state index contributed by atoms with van der Waals surface area (Å²) in [6, 6.07) is 28.1. The summed E-state index contributed by atoms with van der Waals surface area (Å²) in [5.41, 5.74) is 5.06. The van der Waals surface area contributed by atoms with Crippen molar-refractivity contribution >= 4 is 23.2 Å². The summed E-state index contributed by atoms with van der Waals surface area (Å²) in [4.78, 5) is 28.2. The number of nitrogens with zero attached hydrogens (tertiary/aromatic N) is 1. The Bertz CT molecular complexity index is 1480. The molecule has 0 atom stereocenters. The average molecular weight is 596 g/mol. The number of piperidine rings is 1. The normalized spacial score (nSPS) is 13.8. The lowest BCUT2D eigenvalue weighted by atomic mass is 9.89. The number of aromatic carboxylic acids is 1. The molecule has 224 valence electrons. The first-order valence-electron chi connectivity index (χ1n) is 15.5. The molecule has 0 unspecified atom stereocenters.